The number of carboxylic acids is 3. The van der Waals surface area contributed by atoms with Crippen molar-refractivity contribution in [1.29, 1.82) is 0 Å². The van der Waals surface area contributed by atoms with Crippen molar-refractivity contribution in [2.24, 2.45) is 0 Å². The molecule has 0 aromatic rings. The van der Waals surface area contributed by atoms with Crippen LogP contribution in [0.2, 0.25) is 0 Å². The molecule has 0 aliphatic rings. The van der Waals surface area contributed by atoms with Crippen LogP contribution in [0.1, 0.15) is 20.8 Å². The van der Waals surface area contributed by atoms with Gasteiger partial charge >= 0.3 is 41.3 Å². The van der Waals surface area contributed by atoms with E-state index in [1.165, 1.54) is 0 Å². The summed E-state index contributed by atoms with van der Waals surface area (Å²) in [6, 6.07) is 0. The van der Waals surface area contributed by atoms with E-state index < -0.39 is 17.9 Å². The van der Waals surface area contributed by atoms with Gasteiger partial charge in [0.25, 0.3) is 0 Å². The third-order valence-corrected chi connectivity index (χ3v) is 0. The van der Waals surface area contributed by atoms with Gasteiger partial charge in [-0.15, -0.1) is 0 Å². The second kappa shape index (κ2) is 29.2. The Kier molecular flexibility index (Phi) is 71.0. The van der Waals surface area contributed by atoms with Crippen LogP contribution in [0.4, 0.5) is 0 Å². The van der Waals surface area contributed by atoms with E-state index in [0.29, 0.717) is 0 Å². The Morgan fingerprint density at radius 3 is 0.667 bits per heavy atom. The maximum Gasteiger partial charge on any atom is 3.00 e. The summed E-state index contributed by atoms with van der Waals surface area (Å²) in [6.07, 6.45) is 0. The molecule has 15 heavy (non-hydrogen) atoms. The Balaban J connectivity index is -0.0000000184. The molecule has 0 aromatic heterocycles. The molecular weight excluding hydrogens is 341 g/mol. The van der Waals surface area contributed by atoms with Gasteiger partial charge in [-0.1, -0.05) is 0 Å². The van der Waals surface area contributed by atoms with E-state index in [2.05, 4.69) is 0 Å². The van der Waals surface area contributed by atoms with Crippen LogP contribution in [0, 0.1) is 41.3 Å². The number of carbonyl (C=O) groups is 3. The topological polar surface area (TPSA) is 183 Å². The van der Waals surface area contributed by atoms with Crippen LogP contribution >= 0.6 is 0 Å². The van der Waals surface area contributed by atoms with Gasteiger partial charge in [0.05, 0.1) is 0 Å². The summed E-state index contributed by atoms with van der Waals surface area (Å²) >= 11 is 0. The van der Waals surface area contributed by atoms with Gasteiger partial charge in [-0.25, -0.2) is 0 Å². The van der Waals surface area contributed by atoms with E-state index in [9.17, 15) is 0 Å². The predicted molar refractivity (Wildman–Crippen MR) is 39.3 cm³/mol. The van der Waals surface area contributed by atoms with Gasteiger partial charge < -0.3 is 40.7 Å². The first-order valence-electron chi connectivity index (χ1n) is 2.72. The minimum Gasteiger partial charge on any atom is -0.550 e. The first-order valence-corrected chi connectivity index (χ1v) is 2.72. The summed E-state index contributed by atoms with van der Waals surface area (Å²) < 4.78 is 0. The average Bonchev–Trinajstić information content (AvgIpc) is 1.54. The van der Waals surface area contributed by atoms with Crippen molar-refractivity contribution in [3.63, 3.8) is 0 Å². The quantitative estimate of drug-likeness (QED) is 0.418. The summed E-state index contributed by atoms with van der Waals surface area (Å²) in [5.41, 5.74) is 0. The maximum atomic E-state index is 8.89. The zero-order valence-corrected chi connectivity index (χ0v) is 12.2. The monoisotopic (exact) mass is 354 g/mol. The molecule has 0 aromatic carbocycles. The molecule has 88 valence electrons. The van der Waals surface area contributed by atoms with Crippen LogP contribution in [-0.2, 0) is 14.4 Å². The van der Waals surface area contributed by atoms with Crippen molar-refractivity contribution in [3.8, 4) is 0 Å². The smallest absolute Gasteiger partial charge is 0.550 e. The van der Waals surface area contributed by atoms with Gasteiger partial charge in [0, 0.05) is 17.9 Å². The normalized spacial score (nSPS) is 5.00. The van der Waals surface area contributed by atoms with Crippen molar-refractivity contribution >= 4 is 17.9 Å². The fourth-order valence-electron chi connectivity index (χ4n) is 0. The molecule has 0 unspecified atom stereocenters. The summed E-state index contributed by atoms with van der Waals surface area (Å²) in [7, 11) is 0. The van der Waals surface area contributed by atoms with E-state index in [4.69, 9.17) is 29.7 Å². The Labute approximate surface area is 120 Å². The van der Waals surface area contributed by atoms with Crippen molar-refractivity contribution < 1.29 is 81.9 Å². The minimum atomic E-state index is -1.08. The molecule has 0 fully saturated rings. The average molecular weight is 354 g/mol. The van der Waals surface area contributed by atoms with E-state index >= 15 is 0 Å². The van der Waals surface area contributed by atoms with Gasteiger partial charge in [0.2, 0.25) is 0 Å². The van der Waals surface area contributed by atoms with Crippen molar-refractivity contribution in [1.82, 2.24) is 0 Å². The molecule has 0 aliphatic carbocycles. The molecular formula is C6H13O8Pr. The summed E-state index contributed by atoms with van der Waals surface area (Å²) in [5, 5.41) is 26.7. The third-order valence-electron chi connectivity index (χ3n) is 0. The number of carboxylic acid groups (broad SMARTS) is 3. The SMILES string of the molecule is CC(=O)[O-].CC(=O)[O-].CC(=O)[O-].O.O.[Pr+3]. The standard InChI is InChI=1S/3C2H4O2.2H2O.Pr/c3*1-2(3)4;;;/h3*1H3,(H,3,4);2*1H2;/q;;;;;+3/p-3. The number of carbonyl (C=O) groups excluding carboxylic acids is 3. The van der Waals surface area contributed by atoms with Crippen LogP contribution in [0.5, 0.6) is 0 Å². The van der Waals surface area contributed by atoms with Crippen LogP contribution in [0.3, 0.4) is 0 Å². The van der Waals surface area contributed by atoms with Crippen molar-refractivity contribution in [2.75, 3.05) is 0 Å². The summed E-state index contributed by atoms with van der Waals surface area (Å²) in [5.74, 6) is -3.25. The Bertz CT molecular complexity index is 117. The molecule has 0 saturated carbocycles. The molecule has 9 heteroatoms. The molecule has 0 bridgehead atoms. The minimum absolute atomic E-state index is 0. The van der Waals surface area contributed by atoms with Gasteiger partial charge in [-0.2, -0.15) is 0 Å². The van der Waals surface area contributed by atoms with Crippen LogP contribution < -0.4 is 15.3 Å². The summed E-state index contributed by atoms with van der Waals surface area (Å²) in [4.78, 5) is 26.7. The third kappa shape index (κ3) is 20000. The maximum absolute atomic E-state index is 8.89. The largest absolute Gasteiger partial charge is 3.00 e. The first kappa shape index (κ1) is 36.5. The Morgan fingerprint density at radius 1 is 0.667 bits per heavy atom. The zero-order chi connectivity index (χ0) is 10.7. The fraction of sp³-hybridized carbons (Fsp3) is 0.500. The molecule has 0 radical (unpaired) electrons. The van der Waals surface area contributed by atoms with Crippen LogP contribution in [-0.4, -0.2) is 28.9 Å². The van der Waals surface area contributed by atoms with Crippen molar-refractivity contribution in [3.05, 3.63) is 0 Å². The number of rotatable bonds is 0. The van der Waals surface area contributed by atoms with Gasteiger partial charge in [-0.05, 0) is 20.8 Å². The summed E-state index contributed by atoms with van der Waals surface area (Å²) in [6.45, 7) is 2.92. The fourth-order valence-corrected chi connectivity index (χ4v) is 0. The van der Waals surface area contributed by atoms with E-state index in [1.807, 2.05) is 0 Å². The molecule has 0 aliphatic heterocycles. The second-order valence-electron chi connectivity index (χ2n) is 1.47. The van der Waals surface area contributed by atoms with Gasteiger partial charge in [-0.3, -0.25) is 0 Å². The Hall–Kier alpha value is -0.306. The molecule has 0 rings (SSSR count). The molecule has 8 nitrogen and oxygen atoms in total. The molecule has 0 heterocycles. The predicted octanol–water partition coefficient (Wildman–Crippen LogP) is -5.38. The molecule has 0 saturated heterocycles. The van der Waals surface area contributed by atoms with Crippen LogP contribution in [0.15, 0.2) is 0 Å². The van der Waals surface area contributed by atoms with Crippen LogP contribution in [0.25, 0.3) is 0 Å². The van der Waals surface area contributed by atoms with Gasteiger partial charge in [0.15, 0.2) is 0 Å². The van der Waals surface area contributed by atoms with Crippen molar-refractivity contribution in [2.45, 2.75) is 20.8 Å². The molecule has 0 spiro atoms. The van der Waals surface area contributed by atoms with E-state index in [1.54, 1.807) is 0 Å². The molecule has 0 atom stereocenters. The van der Waals surface area contributed by atoms with E-state index in [-0.39, 0.29) is 52.2 Å². The number of hydrogen-bond acceptors (Lipinski definition) is 6. The second-order valence-corrected chi connectivity index (χ2v) is 1.47. The molecule has 4 N–H and O–H groups in total. The van der Waals surface area contributed by atoms with E-state index in [0.717, 1.165) is 20.8 Å². The number of hydrogen-bond donors (Lipinski definition) is 0. The molecule has 0 amide bonds. The zero-order valence-electron chi connectivity index (χ0n) is 8.53. The number of aliphatic carboxylic acids is 3. The Morgan fingerprint density at radius 2 is 0.667 bits per heavy atom. The first-order chi connectivity index (χ1) is 5.20. The van der Waals surface area contributed by atoms with Gasteiger partial charge in [0.1, 0.15) is 0 Å².